The third-order valence-corrected chi connectivity index (χ3v) is 3.80. The third-order valence-electron chi connectivity index (χ3n) is 3.00. The van der Waals surface area contributed by atoms with Gasteiger partial charge in [0, 0.05) is 29.9 Å². The van der Waals surface area contributed by atoms with Gasteiger partial charge in [0.05, 0.1) is 22.6 Å². The molecule has 96 valence electrons. The van der Waals surface area contributed by atoms with E-state index in [9.17, 15) is 0 Å². The second-order valence-electron chi connectivity index (χ2n) is 4.16. The molecule has 0 aliphatic carbocycles. The number of thiazole rings is 1. The van der Waals surface area contributed by atoms with Crippen LogP contribution in [0, 0.1) is 0 Å². The molecular formula is C13H13N5S. The van der Waals surface area contributed by atoms with E-state index in [0.29, 0.717) is 0 Å². The summed E-state index contributed by atoms with van der Waals surface area (Å²) in [5, 5.41) is 0. The number of aromatic nitrogens is 3. The Kier molecular flexibility index (Phi) is 3.45. The van der Waals surface area contributed by atoms with E-state index < -0.39 is 0 Å². The lowest BCUT2D eigenvalue weighted by Gasteiger charge is -2.16. The fourth-order valence-corrected chi connectivity index (χ4v) is 2.74. The minimum atomic E-state index is 0.000787. The van der Waals surface area contributed by atoms with Gasteiger partial charge in [0.15, 0.2) is 0 Å². The molecule has 3 rings (SSSR count). The van der Waals surface area contributed by atoms with Gasteiger partial charge in [-0.05, 0) is 11.6 Å². The highest BCUT2D eigenvalue weighted by atomic mass is 32.1. The number of hydrogen-bond donors (Lipinski definition) is 2. The lowest BCUT2D eigenvalue weighted by molar-refractivity contribution is 0.558. The Labute approximate surface area is 114 Å². The van der Waals surface area contributed by atoms with Gasteiger partial charge in [-0.25, -0.2) is 0 Å². The van der Waals surface area contributed by atoms with Crippen molar-refractivity contribution in [3.63, 3.8) is 0 Å². The van der Waals surface area contributed by atoms with Gasteiger partial charge in [-0.2, -0.15) is 0 Å². The van der Waals surface area contributed by atoms with Crippen LogP contribution in [-0.2, 0) is 6.42 Å². The summed E-state index contributed by atoms with van der Waals surface area (Å²) < 4.78 is 0. The lowest BCUT2D eigenvalue weighted by Crippen LogP contribution is -2.29. The zero-order chi connectivity index (χ0) is 13.1. The molecule has 1 atom stereocenters. The maximum atomic E-state index is 5.70. The average molecular weight is 271 g/mol. The number of hydrazine groups is 1. The van der Waals surface area contributed by atoms with Crippen molar-refractivity contribution in [1.82, 2.24) is 20.4 Å². The van der Waals surface area contributed by atoms with Gasteiger partial charge in [-0.3, -0.25) is 26.2 Å². The van der Waals surface area contributed by atoms with E-state index in [2.05, 4.69) is 20.4 Å². The van der Waals surface area contributed by atoms with E-state index in [0.717, 1.165) is 23.0 Å². The summed E-state index contributed by atoms with van der Waals surface area (Å²) in [6.45, 7) is 0. The summed E-state index contributed by atoms with van der Waals surface area (Å²) in [6, 6.07) is 5.96. The molecule has 0 fully saturated rings. The quantitative estimate of drug-likeness (QED) is 0.559. The Morgan fingerprint density at radius 3 is 2.95 bits per heavy atom. The molecule has 3 N–H and O–H groups in total. The fraction of sp³-hybridized carbons (Fsp3) is 0.154. The maximum Gasteiger partial charge on any atom is 0.0935 e. The molecule has 1 aromatic carbocycles. The van der Waals surface area contributed by atoms with Gasteiger partial charge in [0.25, 0.3) is 0 Å². The molecular weight excluding hydrogens is 258 g/mol. The van der Waals surface area contributed by atoms with Crippen molar-refractivity contribution in [3.05, 3.63) is 52.7 Å². The number of fused-ring (bicyclic) bond motifs is 1. The Morgan fingerprint density at radius 2 is 2.16 bits per heavy atom. The first-order chi connectivity index (χ1) is 9.38. The first-order valence-corrected chi connectivity index (χ1v) is 6.79. The Bertz CT molecular complexity index is 662. The number of benzene rings is 1. The van der Waals surface area contributed by atoms with E-state index >= 15 is 0 Å². The number of rotatable bonds is 4. The van der Waals surface area contributed by atoms with Gasteiger partial charge in [-0.1, -0.05) is 12.1 Å². The fourth-order valence-electron chi connectivity index (χ4n) is 2.10. The van der Waals surface area contributed by atoms with Gasteiger partial charge in [-0.15, -0.1) is 11.3 Å². The zero-order valence-corrected chi connectivity index (χ0v) is 11.0. The number of para-hydroxylation sites is 1. The summed E-state index contributed by atoms with van der Waals surface area (Å²) in [5.74, 6) is 5.70. The number of nitrogens with zero attached hydrogens (tertiary/aromatic N) is 3. The maximum absolute atomic E-state index is 5.70. The first-order valence-electron chi connectivity index (χ1n) is 5.91. The first kappa shape index (κ1) is 12.2. The van der Waals surface area contributed by atoms with Crippen LogP contribution in [0.15, 0.2) is 42.3 Å². The van der Waals surface area contributed by atoms with E-state index in [1.54, 1.807) is 23.7 Å². The molecule has 0 aliphatic heterocycles. The topological polar surface area (TPSA) is 76.7 Å². The molecule has 1 unspecified atom stereocenters. The van der Waals surface area contributed by atoms with Gasteiger partial charge in [0.1, 0.15) is 0 Å². The Hall–Kier alpha value is -1.89. The van der Waals surface area contributed by atoms with Crippen LogP contribution in [0.1, 0.15) is 16.5 Å². The second kappa shape index (κ2) is 5.40. The molecule has 5 nitrogen and oxygen atoms in total. The molecule has 0 bridgehead atoms. The summed E-state index contributed by atoms with van der Waals surface area (Å²) in [7, 11) is 0. The molecule has 0 saturated heterocycles. The molecule has 0 radical (unpaired) electrons. The second-order valence-corrected chi connectivity index (χ2v) is 5.13. The normalized spacial score (nSPS) is 12.7. The number of nitrogens with one attached hydrogen (secondary N) is 1. The predicted octanol–water partition coefficient (Wildman–Crippen LogP) is 1.83. The monoisotopic (exact) mass is 271 g/mol. The van der Waals surface area contributed by atoms with Crippen LogP contribution in [0.5, 0.6) is 0 Å². The standard InChI is InChI=1S/C13H13N5S/c14-18-12(6-9-7-15-8-19-9)10-2-1-3-11-13(10)17-5-4-16-11/h1-5,7-8,12,18H,6,14H2. The van der Waals surface area contributed by atoms with Crippen molar-refractivity contribution in [2.24, 2.45) is 5.84 Å². The highest BCUT2D eigenvalue weighted by Crippen LogP contribution is 2.24. The van der Waals surface area contributed by atoms with Crippen LogP contribution in [-0.4, -0.2) is 15.0 Å². The van der Waals surface area contributed by atoms with Crippen molar-refractivity contribution in [1.29, 1.82) is 0 Å². The van der Waals surface area contributed by atoms with E-state index in [4.69, 9.17) is 5.84 Å². The summed E-state index contributed by atoms with van der Waals surface area (Å²) >= 11 is 1.62. The van der Waals surface area contributed by atoms with E-state index in [-0.39, 0.29) is 6.04 Å². The highest BCUT2D eigenvalue weighted by molar-refractivity contribution is 7.09. The molecule has 0 spiro atoms. The van der Waals surface area contributed by atoms with Crippen LogP contribution < -0.4 is 11.3 Å². The summed E-state index contributed by atoms with van der Waals surface area (Å²) in [5.41, 5.74) is 7.51. The third kappa shape index (κ3) is 2.46. The Morgan fingerprint density at radius 1 is 1.26 bits per heavy atom. The smallest absolute Gasteiger partial charge is 0.0935 e. The minimum Gasteiger partial charge on any atom is -0.271 e. The van der Waals surface area contributed by atoms with E-state index in [1.165, 1.54) is 4.88 Å². The van der Waals surface area contributed by atoms with Gasteiger partial charge >= 0.3 is 0 Å². The molecule has 2 aromatic heterocycles. The van der Waals surface area contributed by atoms with E-state index in [1.807, 2.05) is 29.9 Å². The molecule has 0 amide bonds. The van der Waals surface area contributed by atoms with Crippen LogP contribution in [0.2, 0.25) is 0 Å². The molecule has 3 aromatic rings. The van der Waals surface area contributed by atoms with Gasteiger partial charge in [0.2, 0.25) is 0 Å². The van der Waals surface area contributed by atoms with Crippen LogP contribution >= 0.6 is 11.3 Å². The van der Waals surface area contributed by atoms with Crippen molar-refractivity contribution in [2.45, 2.75) is 12.5 Å². The zero-order valence-electron chi connectivity index (χ0n) is 10.2. The number of nitrogens with two attached hydrogens (primary N) is 1. The summed E-state index contributed by atoms with van der Waals surface area (Å²) in [6.07, 6.45) is 6.05. The minimum absolute atomic E-state index is 0.000787. The molecule has 19 heavy (non-hydrogen) atoms. The van der Waals surface area contributed by atoms with Crippen LogP contribution in [0.3, 0.4) is 0 Å². The van der Waals surface area contributed by atoms with Crippen molar-refractivity contribution in [2.75, 3.05) is 0 Å². The summed E-state index contributed by atoms with van der Waals surface area (Å²) in [4.78, 5) is 14.0. The predicted molar refractivity (Wildman–Crippen MR) is 75.4 cm³/mol. The number of hydrogen-bond acceptors (Lipinski definition) is 6. The average Bonchev–Trinajstić information content (AvgIpc) is 2.97. The van der Waals surface area contributed by atoms with Crippen LogP contribution in [0.25, 0.3) is 11.0 Å². The molecule has 2 heterocycles. The highest BCUT2D eigenvalue weighted by Gasteiger charge is 2.15. The van der Waals surface area contributed by atoms with Crippen molar-refractivity contribution in [3.8, 4) is 0 Å². The van der Waals surface area contributed by atoms with Crippen molar-refractivity contribution >= 4 is 22.4 Å². The van der Waals surface area contributed by atoms with Gasteiger partial charge < -0.3 is 0 Å². The molecule has 0 aliphatic rings. The SMILES string of the molecule is NNC(Cc1cncs1)c1cccc2nccnc12. The van der Waals surface area contributed by atoms with Crippen LogP contribution in [0.4, 0.5) is 0 Å². The van der Waals surface area contributed by atoms with Crippen molar-refractivity contribution < 1.29 is 0 Å². The Balaban J connectivity index is 2.01. The largest absolute Gasteiger partial charge is 0.271 e. The molecule has 6 heteroatoms. The lowest BCUT2D eigenvalue weighted by atomic mass is 10.0. The molecule has 0 saturated carbocycles.